The smallest absolute Gasteiger partial charge is 0.0738 e. The average molecular weight is 302 g/mol. The van der Waals surface area contributed by atoms with Crippen molar-refractivity contribution in [1.29, 1.82) is 0 Å². The van der Waals surface area contributed by atoms with Crippen LogP contribution in [0.4, 0.5) is 0 Å². The van der Waals surface area contributed by atoms with Crippen LogP contribution < -0.4 is 5.32 Å². The van der Waals surface area contributed by atoms with E-state index in [9.17, 15) is 5.11 Å². The molecule has 0 bridgehead atoms. The molecule has 17 heavy (non-hydrogen) atoms. The fourth-order valence-corrected chi connectivity index (χ4v) is 2.69. The van der Waals surface area contributed by atoms with Gasteiger partial charge in [0.05, 0.1) is 28.9 Å². The van der Waals surface area contributed by atoms with Crippen LogP contribution in [0.5, 0.6) is 0 Å². The lowest BCUT2D eigenvalue weighted by molar-refractivity contribution is 0.125. The zero-order valence-corrected chi connectivity index (χ0v) is 12.2. The van der Waals surface area contributed by atoms with E-state index < -0.39 is 0 Å². The molecule has 1 fully saturated rings. The Morgan fingerprint density at radius 3 is 2.53 bits per heavy atom. The van der Waals surface area contributed by atoms with Crippen LogP contribution in [0, 0.1) is 19.8 Å². The van der Waals surface area contributed by atoms with E-state index in [4.69, 9.17) is 0 Å². The van der Waals surface area contributed by atoms with Crippen molar-refractivity contribution in [3.8, 4) is 0 Å². The van der Waals surface area contributed by atoms with E-state index in [0.717, 1.165) is 22.4 Å². The molecule has 0 aromatic carbocycles. The molecule has 1 aliphatic rings. The second-order valence-corrected chi connectivity index (χ2v) is 5.77. The van der Waals surface area contributed by atoms with Gasteiger partial charge in [-0.3, -0.25) is 4.68 Å². The Kier molecular flexibility index (Phi) is 3.61. The Labute approximate surface area is 111 Å². The molecule has 1 aromatic rings. The number of nitrogens with one attached hydrogen (secondary N) is 1. The van der Waals surface area contributed by atoms with Crippen LogP contribution >= 0.6 is 15.9 Å². The third-order valence-electron chi connectivity index (χ3n) is 3.86. The lowest BCUT2D eigenvalue weighted by Gasteiger charge is -2.32. The van der Waals surface area contributed by atoms with E-state index in [1.54, 1.807) is 0 Å². The second-order valence-electron chi connectivity index (χ2n) is 4.98. The van der Waals surface area contributed by atoms with Gasteiger partial charge in [0.2, 0.25) is 0 Å². The molecule has 5 heteroatoms. The maximum absolute atomic E-state index is 9.70. The second kappa shape index (κ2) is 4.71. The molecule has 1 aliphatic carbocycles. The summed E-state index contributed by atoms with van der Waals surface area (Å²) in [6, 6.07) is 0. The third-order valence-corrected chi connectivity index (χ3v) is 5.01. The number of aryl methyl sites for hydroxylation is 1. The molecule has 0 aliphatic heterocycles. The molecule has 4 nitrogen and oxygen atoms in total. The third kappa shape index (κ3) is 2.28. The zero-order valence-electron chi connectivity index (χ0n) is 10.6. The predicted octanol–water partition coefficient (Wildman–Crippen LogP) is 1.62. The van der Waals surface area contributed by atoms with Gasteiger partial charge in [-0.05, 0) is 55.6 Å². The standard InChI is InChI=1S/C12H20BrN3O/c1-8-11(13)9(2)16(15-8)6-12(7-17,14-3)10-4-5-10/h10,14,17H,4-7H2,1-3H3. The summed E-state index contributed by atoms with van der Waals surface area (Å²) in [6.45, 7) is 4.92. The number of aliphatic hydroxyl groups excluding tert-OH is 1. The van der Waals surface area contributed by atoms with Crippen LogP contribution in [-0.2, 0) is 6.54 Å². The van der Waals surface area contributed by atoms with Crippen LogP contribution in [0.15, 0.2) is 4.47 Å². The van der Waals surface area contributed by atoms with E-state index in [1.165, 1.54) is 12.8 Å². The molecule has 1 aromatic heterocycles. The molecule has 1 saturated carbocycles. The first-order valence-corrected chi connectivity index (χ1v) is 6.82. The van der Waals surface area contributed by atoms with Crippen molar-refractivity contribution in [3.05, 3.63) is 15.9 Å². The lowest BCUT2D eigenvalue weighted by atomic mass is 9.94. The quantitative estimate of drug-likeness (QED) is 0.869. The van der Waals surface area contributed by atoms with Crippen molar-refractivity contribution in [1.82, 2.24) is 15.1 Å². The van der Waals surface area contributed by atoms with Gasteiger partial charge < -0.3 is 10.4 Å². The minimum atomic E-state index is -0.220. The molecule has 0 spiro atoms. The SMILES string of the molecule is CNC(CO)(Cn1nc(C)c(Br)c1C)C1CC1. The van der Waals surface area contributed by atoms with Gasteiger partial charge in [-0.15, -0.1) is 0 Å². The van der Waals surface area contributed by atoms with Crippen molar-refractivity contribution in [3.63, 3.8) is 0 Å². The van der Waals surface area contributed by atoms with E-state index in [-0.39, 0.29) is 12.1 Å². The zero-order chi connectivity index (χ0) is 12.6. The maximum Gasteiger partial charge on any atom is 0.0738 e. The Balaban J connectivity index is 2.25. The van der Waals surface area contributed by atoms with Crippen molar-refractivity contribution >= 4 is 15.9 Å². The molecule has 0 radical (unpaired) electrons. The summed E-state index contributed by atoms with van der Waals surface area (Å²) in [4.78, 5) is 0. The van der Waals surface area contributed by atoms with Gasteiger partial charge in [-0.1, -0.05) is 0 Å². The van der Waals surface area contributed by atoms with Crippen LogP contribution in [0.2, 0.25) is 0 Å². The van der Waals surface area contributed by atoms with E-state index in [2.05, 4.69) is 33.3 Å². The Bertz CT molecular complexity index is 408. The minimum absolute atomic E-state index is 0.157. The van der Waals surface area contributed by atoms with Gasteiger partial charge in [0.15, 0.2) is 0 Å². The van der Waals surface area contributed by atoms with Crippen LogP contribution in [0.1, 0.15) is 24.2 Å². The number of aliphatic hydroxyl groups is 1. The van der Waals surface area contributed by atoms with Gasteiger partial charge >= 0.3 is 0 Å². The molecule has 1 atom stereocenters. The number of likely N-dealkylation sites (N-methyl/N-ethyl adjacent to an activating group) is 1. The number of halogens is 1. The lowest BCUT2D eigenvalue weighted by Crippen LogP contribution is -2.52. The largest absolute Gasteiger partial charge is 0.394 e. The molecular formula is C12H20BrN3O. The summed E-state index contributed by atoms with van der Waals surface area (Å²) in [5.74, 6) is 0.570. The minimum Gasteiger partial charge on any atom is -0.394 e. The topological polar surface area (TPSA) is 50.1 Å². The highest BCUT2D eigenvalue weighted by atomic mass is 79.9. The number of hydrogen-bond donors (Lipinski definition) is 2. The van der Waals surface area contributed by atoms with Crippen LogP contribution in [0.3, 0.4) is 0 Å². The molecule has 2 N–H and O–H groups in total. The summed E-state index contributed by atoms with van der Waals surface area (Å²) in [5.41, 5.74) is 1.90. The summed E-state index contributed by atoms with van der Waals surface area (Å²) in [7, 11) is 1.93. The van der Waals surface area contributed by atoms with Gasteiger partial charge in [0.25, 0.3) is 0 Å². The molecular weight excluding hydrogens is 282 g/mol. The van der Waals surface area contributed by atoms with E-state index in [0.29, 0.717) is 5.92 Å². The van der Waals surface area contributed by atoms with Crippen molar-refractivity contribution in [2.45, 2.75) is 38.8 Å². The maximum atomic E-state index is 9.70. The van der Waals surface area contributed by atoms with Gasteiger partial charge in [-0.2, -0.15) is 5.10 Å². The molecule has 1 unspecified atom stereocenters. The summed E-state index contributed by atoms with van der Waals surface area (Å²) < 4.78 is 3.06. The number of aromatic nitrogens is 2. The highest BCUT2D eigenvalue weighted by Crippen LogP contribution is 2.40. The molecule has 2 rings (SSSR count). The Morgan fingerprint density at radius 2 is 2.18 bits per heavy atom. The summed E-state index contributed by atoms with van der Waals surface area (Å²) in [6.07, 6.45) is 2.39. The molecule has 1 heterocycles. The number of hydrogen-bond acceptors (Lipinski definition) is 3. The number of rotatable bonds is 5. The number of nitrogens with zero attached hydrogens (tertiary/aromatic N) is 2. The highest BCUT2D eigenvalue weighted by Gasteiger charge is 2.44. The fraction of sp³-hybridized carbons (Fsp3) is 0.750. The van der Waals surface area contributed by atoms with E-state index in [1.807, 2.05) is 18.7 Å². The van der Waals surface area contributed by atoms with Gasteiger partial charge in [0.1, 0.15) is 0 Å². The summed E-state index contributed by atoms with van der Waals surface area (Å²) in [5, 5.41) is 17.5. The van der Waals surface area contributed by atoms with Gasteiger partial charge in [0, 0.05) is 5.69 Å². The predicted molar refractivity (Wildman–Crippen MR) is 71.0 cm³/mol. The van der Waals surface area contributed by atoms with Gasteiger partial charge in [-0.25, -0.2) is 0 Å². The monoisotopic (exact) mass is 301 g/mol. The average Bonchev–Trinajstić information content (AvgIpc) is 3.14. The normalized spacial score (nSPS) is 19.4. The molecule has 0 amide bonds. The van der Waals surface area contributed by atoms with Crippen molar-refractivity contribution in [2.75, 3.05) is 13.7 Å². The molecule has 96 valence electrons. The first kappa shape index (κ1) is 13.1. The first-order chi connectivity index (χ1) is 8.04. The van der Waals surface area contributed by atoms with E-state index >= 15 is 0 Å². The highest BCUT2D eigenvalue weighted by molar-refractivity contribution is 9.10. The van der Waals surface area contributed by atoms with Crippen molar-refractivity contribution < 1.29 is 5.11 Å². The molecule has 0 saturated heterocycles. The Morgan fingerprint density at radius 1 is 1.53 bits per heavy atom. The summed E-state index contributed by atoms with van der Waals surface area (Å²) >= 11 is 3.54. The Hall–Kier alpha value is -0.390. The fourth-order valence-electron chi connectivity index (χ4n) is 2.40. The first-order valence-electron chi connectivity index (χ1n) is 6.03. The van der Waals surface area contributed by atoms with Crippen LogP contribution in [-0.4, -0.2) is 34.1 Å². The van der Waals surface area contributed by atoms with Crippen molar-refractivity contribution in [2.24, 2.45) is 5.92 Å². The van der Waals surface area contributed by atoms with Crippen LogP contribution in [0.25, 0.3) is 0 Å².